The van der Waals surface area contributed by atoms with Gasteiger partial charge in [-0.3, -0.25) is 4.79 Å². The average Bonchev–Trinajstić information content (AvgIpc) is 2.59. The molecule has 0 aromatic heterocycles. The number of ether oxygens (including phenoxy) is 1. The molecular formula is C21H24O2. The smallest absolute Gasteiger partial charge is 0.302 e. The van der Waals surface area contributed by atoms with Crippen LogP contribution in [-0.2, 0) is 9.53 Å². The number of benzene rings is 2. The Morgan fingerprint density at radius 2 is 1.35 bits per heavy atom. The predicted octanol–water partition coefficient (Wildman–Crippen LogP) is 5.37. The van der Waals surface area contributed by atoms with Gasteiger partial charge in [-0.15, -0.1) is 0 Å². The molecule has 0 aliphatic carbocycles. The van der Waals surface area contributed by atoms with Gasteiger partial charge < -0.3 is 4.74 Å². The van der Waals surface area contributed by atoms with Crippen molar-refractivity contribution in [2.24, 2.45) is 0 Å². The molecule has 2 heteroatoms. The molecule has 2 aromatic rings. The summed E-state index contributed by atoms with van der Waals surface area (Å²) in [6, 6.07) is 20.6. The quantitative estimate of drug-likeness (QED) is 0.421. The predicted molar refractivity (Wildman–Crippen MR) is 97.9 cm³/mol. The zero-order valence-electron chi connectivity index (χ0n) is 13.8. The van der Waals surface area contributed by atoms with Crippen molar-refractivity contribution >= 4 is 18.1 Å². The molecule has 0 atom stereocenters. The molecule has 23 heavy (non-hydrogen) atoms. The van der Waals surface area contributed by atoms with Crippen LogP contribution in [0.2, 0.25) is 0 Å². The molecule has 0 aliphatic rings. The van der Waals surface area contributed by atoms with Crippen LogP contribution in [0.15, 0.2) is 72.8 Å². The van der Waals surface area contributed by atoms with Gasteiger partial charge in [-0.25, -0.2) is 0 Å². The number of carbonyl (C=O) groups excluding carboxylic acids is 1. The van der Waals surface area contributed by atoms with Crippen molar-refractivity contribution in [1.82, 2.24) is 0 Å². The summed E-state index contributed by atoms with van der Waals surface area (Å²) in [7, 11) is 0. The number of rotatable bonds is 5. The first-order chi connectivity index (χ1) is 11.2. The van der Waals surface area contributed by atoms with Crippen molar-refractivity contribution in [3.05, 3.63) is 83.9 Å². The van der Waals surface area contributed by atoms with Crippen molar-refractivity contribution in [2.75, 3.05) is 6.61 Å². The average molecular weight is 308 g/mol. The molecule has 0 radical (unpaired) electrons. The maximum Gasteiger partial charge on any atom is 0.302 e. The number of hydrogen-bond acceptors (Lipinski definition) is 2. The third-order valence-electron chi connectivity index (χ3n) is 2.85. The second kappa shape index (κ2) is 12.0. The fourth-order valence-electron chi connectivity index (χ4n) is 1.72. The van der Waals surface area contributed by atoms with Crippen LogP contribution in [0.1, 0.15) is 31.4 Å². The van der Waals surface area contributed by atoms with Crippen LogP contribution in [-0.4, -0.2) is 12.6 Å². The first-order valence-corrected chi connectivity index (χ1v) is 7.79. The summed E-state index contributed by atoms with van der Waals surface area (Å²) in [5, 5.41) is 0. The lowest BCUT2D eigenvalue weighted by molar-refractivity contribution is -0.139. The minimum atomic E-state index is -0.226. The highest BCUT2D eigenvalue weighted by atomic mass is 16.5. The van der Waals surface area contributed by atoms with Crippen LogP contribution in [0.4, 0.5) is 0 Å². The van der Waals surface area contributed by atoms with E-state index in [0.29, 0.717) is 6.61 Å². The third-order valence-corrected chi connectivity index (χ3v) is 2.85. The second-order valence-corrected chi connectivity index (χ2v) is 4.84. The Balaban J connectivity index is 0.000000257. The van der Waals surface area contributed by atoms with Crippen molar-refractivity contribution in [2.45, 2.75) is 20.3 Å². The molecule has 2 rings (SSSR count). The van der Waals surface area contributed by atoms with E-state index in [1.807, 2.05) is 55.5 Å². The van der Waals surface area contributed by atoms with Gasteiger partial charge in [0.15, 0.2) is 0 Å². The van der Waals surface area contributed by atoms with Crippen molar-refractivity contribution < 1.29 is 9.53 Å². The van der Waals surface area contributed by atoms with Crippen molar-refractivity contribution in [3.8, 4) is 0 Å². The van der Waals surface area contributed by atoms with Crippen molar-refractivity contribution in [1.29, 1.82) is 0 Å². The molecule has 0 heterocycles. The Labute approximate surface area is 139 Å². The van der Waals surface area contributed by atoms with Gasteiger partial charge in [0.05, 0.1) is 0 Å². The maximum atomic E-state index is 10.2. The van der Waals surface area contributed by atoms with Gasteiger partial charge in [-0.05, 0) is 17.5 Å². The molecule has 2 nitrogen and oxygen atoms in total. The van der Waals surface area contributed by atoms with E-state index >= 15 is 0 Å². The lowest BCUT2D eigenvalue weighted by Gasteiger charge is -1.92. The molecule has 0 aliphatic heterocycles. The molecule has 0 bridgehead atoms. The van der Waals surface area contributed by atoms with Gasteiger partial charge in [0.1, 0.15) is 6.61 Å². The zero-order valence-corrected chi connectivity index (χ0v) is 13.8. The normalized spacial score (nSPS) is 10.3. The zero-order chi connectivity index (χ0) is 16.8. The minimum Gasteiger partial charge on any atom is -0.462 e. The first-order valence-electron chi connectivity index (χ1n) is 7.79. The molecule has 120 valence electrons. The maximum absolute atomic E-state index is 10.2. The van der Waals surface area contributed by atoms with Gasteiger partial charge in [0, 0.05) is 6.92 Å². The van der Waals surface area contributed by atoms with E-state index in [1.54, 1.807) is 0 Å². The van der Waals surface area contributed by atoms with Crippen LogP contribution >= 0.6 is 0 Å². The molecule has 0 amide bonds. The van der Waals surface area contributed by atoms with Crippen molar-refractivity contribution in [3.63, 3.8) is 0 Å². The number of allylic oxidation sites excluding steroid dienone is 1. The molecule has 0 saturated carbocycles. The van der Waals surface area contributed by atoms with Crippen LogP contribution in [0.5, 0.6) is 0 Å². The van der Waals surface area contributed by atoms with E-state index in [4.69, 9.17) is 0 Å². The fourth-order valence-corrected chi connectivity index (χ4v) is 1.72. The molecule has 0 spiro atoms. The fraction of sp³-hybridized carbons (Fsp3) is 0.190. The summed E-state index contributed by atoms with van der Waals surface area (Å²) in [4.78, 5) is 10.2. The Morgan fingerprint density at radius 1 is 0.870 bits per heavy atom. The summed E-state index contributed by atoms with van der Waals surface area (Å²) < 4.78 is 4.62. The Morgan fingerprint density at radius 3 is 1.74 bits per heavy atom. The second-order valence-electron chi connectivity index (χ2n) is 4.84. The standard InChI is InChI=1S/C14H12.C7H12O2/c1-3-7-13(8-4-1)11-12-14-9-5-2-6-10-14;1-3-4-5-6-9-7(2)8/h1-12H;4-5H,3,6H2,1-2H3/b12-11+;5-4-. The molecule has 2 aromatic carbocycles. The lowest BCUT2D eigenvalue weighted by atomic mass is 10.1. The summed E-state index contributed by atoms with van der Waals surface area (Å²) in [5.74, 6) is -0.226. The Kier molecular flexibility index (Phi) is 9.61. The molecule has 0 unspecified atom stereocenters. The van der Waals surface area contributed by atoms with Gasteiger partial charge in [0.2, 0.25) is 0 Å². The monoisotopic (exact) mass is 308 g/mol. The topological polar surface area (TPSA) is 26.3 Å². The first kappa shape index (κ1) is 18.4. The summed E-state index contributed by atoms with van der Waals surface area (Å²) in [5.41, 5.74) is 2.47. The summed E-state index contributed by atoms with van der Waals surface area (Å²) in [6.07, 6.45) is 9.02. The van der Waals surface area contributed by atoms with E-state index in [9.17, 15) is 4.79 Å². The largest absolute Gasteiger partial charge is 0.462 e. The molecule has 0 saturated heterocycles. The highest BCUT2D eigenvalue weighted by molar-refractivity contribution is 5.69. The van der Waals surface area contributed by atoms with E-state index in [2.05, 4.69) is 41.2 Å². The minimum absolute atomic E-state index is 0.226. The van der Waals surface area contributed by atoms with Gasteiger partial charge >= 0.3 is 5.97 Å². The highest BCUT2D eigenvalue weighted by Gasteiger charge is 1.85. The number of esters is 1. The van der Waals surface area contributed by atoms with E-state index in [-0.39, 0.29) is 5.97 Å². The Hall–Kier alpha value is -2.61. The highest BCUT2D eigenvalue weighted by Crippen LogP contribution is 2.06. The lowest BCUT2D eigenvalue weighted by Crippen LogP contribution is -1.96. The van der Waals surface area contributed by atoms with Gasteiger partial charge in [-0.1, -0.05) is 91.9 Å². The Bertz CT molecular complexity index is 557. The third kappa shape index (κ3) is 9.86. The van der Waals surface area contributed by atoms with E-state index in [1.165, 1.54) is 18.1 Å². The number of carbonyl (C=O) groups is 1. The van der Waals surface area contributed by atoms with Crippen LogP contribution < -0.4 is 0 Å². The van der Waals surface area contributed by atoms with Crippen LogP contribution in [0, 0.1) is 0 Å². The van der Waals surface area contributed by atoms with E-state index < -0.39 is 0 Å². The summed E-state index contributed by atoms with van der Waals surface area (Å²) in [6.45, 7) is 3.84. The number of hydrogen-bond donors (Lipinski definition) is 0. The molecule has 0 N–H and O–H groups in total. The molecular weight excluding hydrogens is 284 g/mol. The van der Waals surface area contributed by atoms with E-state index in [0.717, 1.165) is 6.42 Å². The van der Waals surface area contributed by atoms with Crippen LogP contribution in [0.3, 0.4) is 0 Å². The SMILES string of the molecule is C(=C\c1ccccc1)/c1ccccc1.CC/C=C\COC(C)=O. The van der Waals surface area contributed by atoms with Crippen LogP contribution in [0.25, 0.3) is 12.2 Å². The molecule has 0 fully saturated rings. The van der Waals surface area contributed by atoms with Gasteiger partial charge in [0.25, 0.3) is 0 Å². The summed E-state index contributed by atoms with van der Waals surface area (Å²) >= 11 is 0. The van der Waals surface area contributed by atoms with Gasteiger partial charge in [-0.2, -0.15) is 0 Å².